The number of benzene rings is 1. The van der Waals surface area contributed by atoms with Crippen LogP contribution in [0.4, 0.5) is 0 Å². The molecule has 31 heavy (non-hydrogen) atoms. The van der Waals surface area contributed by atoms with E-state index in [1.54, 1.807) is 16.4 Å². The second-order valence-electron chi connectivity index (χ2n) is 10.1. The minimum absolute atomic E-state index is 0.0279. The van der Waals surface area contributed by atoms with Crippen molar-refractivity contribution >= 4 is 10.0 Å². The monoisotopic (exact) mass is 449 g/mol. The van der Waals surface area contributed by atoms with E-state index in [4.69, 9.17) is 9.47 Å². The maximum Gasteiger partial charge on any atom is 0.243 e. The molecule has 0 bridgehead atoms. The first kappa shape index (κ1) is 24.4. The number of hydrogen-bond donors (Lipinski definition) is 0. The summed E-state index contributed by atoms with van der Waals surface area (Å²) in [4.78, 5) is 0.382. The molecule has 0 amide bonds. The van der Waals surface area contributed by atoms with Gasteiger partial charge in [0.05, 0.1) is 18.1 Å². The van der Waals surface area contributed by atoms with Crippen LogP contribution in [0.3, 0.4) is 0 Å². The van der Waals surface area contributed by atoms with Gasteiger partial charge in [0.25, 0.3) is 0 Å². The topological polar surface area (TPSA) is 55.8 Å². The second-order valence-corrected chi connectivity index (χ2v) is 11.9. The number of aryl methyl sites for hydroxylation is 1. The average Bonchev–Trinajstić information content (AvgIpc) is 3.13. The molecule has 2 heterocycles. The molecule has 5 nitrogen and oxygen atoms in total. The molecule has 0 N–H and O–H groups in total. The summed E-state index contributed by atoms with van der Waals surface area (Å²) in [7, 11) is -3.55. The molecule has 2 atom stereocenters. The molecule has 0 spiro atoms. The Morgan fingerprint density at radius 1 is 1.10 bits per heavy atom. The first-order valence-electron chi connectivity index (χ1n) is 11.6. The van der Waals surface area contributed by atoms with E-state index in [0.29, 0.717) is 24.5 Å². The van der Waals surface area contributed by atoms with Crippen LogP contribution < -0.4 is 0 Å². The summed E-state index contributed by atoms with van der Waals surface area (Å²) < 4.78 is 40.9. The van der Waals surface area contributed by atoms with E-state index in [1.807, 2.05) is 32.1 Å². The fourth-order valence-electron chi connectivity index (χ4n) is 4.32. The maximum atomic E-state index is 13.6. The van der Waals surface area contributed by atoms with Crippen molar-refractivity contribution in [2.75, 3.05) is 13.2 Å². The molecule has 0 aliphatic carbocycles. The van der Waals surface area contributed by atoms with Crippen LogP contribution in [-0.4, -0.2) is 43.8 Å². The van der Waals surface area contributed by atoms with Gasteiger partial charge in [0, 0.05) is 23.9 Å². The number of ether oxygens (including phenoxy) is 2. The standard InChI is InChI=1S/C25H39NO4S/c1-6-7-9-21-13-14-22(10-8-17-25(5)29-18-24(3,4)19-30-25)26(21)31(27,28)23-15-11-20(2)12-16-23/h8,10-12,15-16,21-22H,6-7,9,13-14,17-19H2,1-5H3/b10-8-/t21-,22+/m1/s1. The van der Waals surface area contributed by atoms with Crippen molar-refractivity contribution in [3.05, 3.63) is 42.0 Å². The lowest BCUT2D eigenvalue weighted by Crippen LogP contribution is -2.45. The van der Waals surface area contributed by atoms with E-state index in [-0.39, 0.29) is 17.5 Å². The molecule has 0 saturated carbocycles. The lowest BCUT2D eigenvalue weighted by Gasteiger charge is -2.41. The fraction of sp³-hybridized carbons (Fsp3) is 0.680. The Balaban J connectivity index is 1.76. The molecule has 2 aliphatic heterocycles. The van der Waals surface area contributed by atoms with Crippen LogP contribution in [0.25, 0.3) is 0 Å². The molecule has 3 rings (SSSR count). The Kier molecular flexibility index (Phi) is 7.67. The third-order valence-corrected chi connectivity index (χ3v) is 8.34. The van der Waals surface area contributed by atoms with Gasteiger partial charge in [-0.2, -0.15) is 4.31 Å². The summed E-state index contributed by atoms with van der Waals surface area (Å²) in [5.41, 5.74) is 1.09. The van der Waals surface area contributed by atoms with E-state index in [2.05, 4.69) is 26.8 Å². The van der Waals surface area contributed by atoms with E-state index >= 15 is 0 Å². The van der Waals surface area contributed by atoms with Gasteiger partial charge in [-0.25, -0.2) is 8.42 Å². The minimum atomic E-state index is -3.55. The van der Waals surface area contributed by atoms with Crippen LogP contribution in [0.5, 0.6) is 0 Å². The Labute approximate surface area is 188 Å². The third kappa shape index (κ3) is 5.98. The lowest BCUT2D eigenvalue weighted by molar-refractivity contribution is -0.287. The zero-order valence-electron chi connectivity index (χ0n) is 19.8. The molecule has 0 unspecified atom stereocenters. The van der Waals surface area contributed by atoms with Crippen molar-refractivity contribution in [3.63, 3.8) is 0 Å². The van der Waals surface area contributed by atoms with Gasteiger partial charge in [-0.3, -0.25) is 0 Å². The van der Waals surface area contributed by atoms with Crippen LogP contribution in [0, 0.1) is 12.3 Å². The van der Waals surface area contributed by atoms with Crippen molar-refractivity contribution in [1.29, 1.82) is 0 Å². The van der Waals surface area contributed by atoms with Gasteiger partial charge in [0.1, 0.15) is 0 Å². The molecule has 6 heteroatoms. The van der Waals surface area contributed by atoms with Gasteiger partial charge in [-0.1, -0.05) is 63.5 Å². The highest BCUT2D eigenvalue weighted by atomic mass is 32.2. The van der Waals surface area contributed by atoms with Crippen molar-refractivity contribution in [3.8, 4) is 0 Å². The fourth-order valence-corrected chi connectivity index (χ4v) is 6.18. The van der Waals surface area contributed by atoms with E-state index in [1.165, 1.54) is 0 Å². The van der Waals surface area contributed by atoms with Crippen LogP contribution in [0.2, 0.25) is 0 Å². The summed E-state index contributed by atoms with van der Waals surface area (Å²) in [6, 6.07) is 7.13. The molecule has 0 radical (unpaired) electrons. The Morgan fingerprint density at radius 3 is 2.35 bits per heavy atom. The van der Waals surface area contributed by atoms with Crippen molar-refractivity contribution in [2.45, 2.75) is 95.9 Å². The van der Waals surface area contributed by atoms with E-state index in [9.17, 15) is 8.42 Å². The molecule has 1 aromatic carbocycles. The van der Waals surface area contributed by atoms with Gasteiger partial charge in [-0.05, 0) is 45.2 Å². The SMILES string of the molecule is CCCC[C@@H]1CC[C@H](/C=C\CC2(C)OCC(C)(C)CO2)N1S(=O)(=O)c1ccc(C)cc1. The largest absolute Gasteiger partial charge is 0.349 e. The van der Waals surface area contributed by atoms with Crippen LogP contribution >= 0.6 is 0 Å². The number of hydrogen-bond acceptors (Lipinski definition) is 4. The molecule has 0 aromatic heterocycles. The van der Waals surface area contributed by atoms with Gasteiger partial charge >= 0.3 is 0 Å². The Bertz CT molecular complexity index is 850. The molecule has 2 aliphatic rings. The highest BCUT2D eigenvalue weighted by Crippen LogP contribution is 2.35. The number of nitrogens with zero attached hydrogens (tertiary/aromatic N) is 1. The average molecular weight is 450 g/mol. The Hall–Kier alpha value is -1.21. The predicted octanol–water partition coefficient (Wildman–Crippen LogP) is 5.44. The van der Waals surface area contributed by atoms with Crippen LogP contribution in [0.1, 0.15) is 71.8 Å². The maximum absolute atomic E-state index is 13.6. The predicted molar refractivity (Wildman–Crippen MR) is 124 cm³/mol. The highest BCUT2D eigenvalue weighted by molar-refractivity contribution is 7.89. The molecular formula is C25H39NO4S. The van der Waals surface area contributed by atoms with Crippen molar-refractivity contribution in [2.24, 2.45) is 5.41 Å². The quantitative estimate of drug-likeness (QED) is 0.496. The summed E-state index contributed by atoms with van der Waals surface area (Å²) in [5, 5.41) is 0. The van der Waals surface area contributed by atoms with Gasteiger partial charge in [0.2, 0.25) is 10.0 Å². The summed E-state index contributed by atoms with van der Waals surface area (Å²) in [5.74, 6) is -0.646. The third-order valence-electron chi connectivity index (χ3n) is 6.35. The summed E-state index contributed by atoms with van der Waals surface area (Å²) >= 11 is 0. The van der Waals surface area contributed by atoms with Crippen molar-refractivity contribution in [1.82, 2.24) is 4.31 Å². The van der Waals surface area contributed by atoms with Gasteiger partial charge < -0.3 is 9.47 Å². The molecule has 2 saturated heterocycles. The normalized spacial score (nSPS) is 26.5. The zero-order valence-corrected chi connectivity index (χ0v) is 20.6. The van der Waals surface area contributed by atoms with Crippen LogP contribution in [-0.2, 0) is 19.5 Å². The molecule has 2 fully saturated rings. The molecule has 174 valence electrons. The van der Waals surface area contributed by atoms with Gasteiger partial charge in [-0.15, -0.1) is 0 Å². The number of rotatable bonds is 8. The highest BCUT2D eigenvalue weighted by Gasteiger charge is 2.41. The molecule has 1 aromatic rings. The molecular weight excluding hydrogens is 410 g/mol. The summed E-state index contributed by atoms with van der Waals surface area (Å²) in [6.07, 6.45) is 9.47. The first-order chi connectivity index (χ1) is 14.6. The zero-order chi connectivity index (χ0) is 22.7. The Morgan fingerprint density at radius 2 is 1.74 bits per heavy atom. The first-order valence-corrected chi connectivity index (χ1v) is 13.1. The summed E-state index contributed by atoms with van der Waals surface area (Å²) in [6.45, 7) is 11.7. The minimum Gasteiger partial charge on any atom is -0.349 e. The number of sulfonamides is 1. The van der Waals surface area contributed by atoms with E-state index < -0.39 is 15.8 Å². The number of unbranched alkanes of at least 4 members (excludes halogenated alkanes) is 1. The lowest BCUT2D eigenvalue weighted by atomic mass is 9.94. The van der Waals surface area contributed by atoms with E-state index in [0.717, 1.165) is 37.7 Å². The van der Waals surface area contributed by atoms with Crippen LogP contribution in [0.15, 0.2) is 41.3 Å². The second kappa shape index (κ2) is 9.74. The van der Waals surface area contributed by atoms with Gasteiger partial charge in [0.15, 0.2) is 5.79 Å². The van der Waals surface area contributed by atoms with Crippen molar-refractivity contribution < 1.29 is 17.9 Å². The smallest absolute Gasteiger partial charge is 0.243 e.